The standard InChI is InChI=1S/C22H26FN5O2/c1-15-20(25-9-8-24-15)27-10-12-28(13-11-27)22(30)21(29)26-17-7-6-16(14-17)18-4-2-3-5-19(18)23/h2-5,8-9,16-17H,6-7,10-14H2,1H3,(H,26,29). The molecule has 0 bridgehead atoms. The first-order chi connectivity index (χ1) is 14.5. The highest BCUT2D eigenvalue weighted by atomic mass is 19.1. The maximum atomic E-state index is 14.0. The number of aromatic nitrogens is 2. The van der Waals surface area contributed by atoms with Crippen LogP contribution in [-0.2, 0) is 9.59 Å². The summed E-state index contributed by atoms with van der Waals surface area (Å²) in [6.07, 6.45) is 5.51. The van der Waals surface area contributed by atoms with Gasteiger partial charge >= 0.3 is 11.8 Å². The summed E-state index contributed by atoms with van der Waals surface area (Å²) in [4.78, 5) is 37.4. The number of carbonyl (C=O) groups is 2. The zero-order valence-corrected chi connectivity index (χ0v) is 17.1. The number of benzene rings is 1. The van der Waals surface area contributed by atoms with Crippen LogP contribution in [-0.4, -0.2) is 58.9 Å². The highest BCUT2D eigenvalue weighted by Gasteiger charge is 2.32. The van der Waals surface area contributed by atoms with Gasteiger partial charge in [0.2, 0.25) is 0 Å². The first kappa shape index (κ1) is 20.3. The van der Waals surface area contributed by atoms with Crippen molar-refractivity contribution in [1.29, 1.82) is 0 Å². The minimum absolute atomic E-state index is 0.0744. The number of hydrogen-bond donors (Lipinski definition) is 1. The smallest absolute Gasteiger partial charge is 0.312 e. The van der Waals surface area contributed by atoms with Crippen LogP contribution in [0.15, 0.2) is 36.7 Å². The van der Waals surface area contributed by atoms with Crippen LogP contribution in [0.4, 0.5) is 10.2 Å². The number of rotatable bonds is 3. The number of amides is 2. The van der Waals surface area contributed by atoms with E-state index in [4.69, 9.17) is 0 Å². The molecular formula is C22H26FN5O2. The minimum atomic E-state index is -0.571. The molecule has 2 atom stereocenters. The number of halogens is 1. The molecule has 2 aromatic rings. The third-order valence-corrected chi connectivity index (χ3v) is 6.03. The molecule has 0 radical (unpaired) electrons. The number of hydrogen-bond acceptors (Lipinski definition) is 5. The average Bonchev–Trinajstić information content (AvgIpc) is 3.22. The molecule has 158 valence electrons. The summed E-state index contributed by atoms with van der Waals surface area (Å²) in [5.41, 5.74) is 1.54. The molecule has 0 spiro atoms. The Morgan fingerprint density at radius 1 is 1.07 bits per heavy atom. The van der Waals surface area contributed by atoms with Crippen LogP contribution in [0.25, 0.3) is 0 Å². The van der Waals surface area contributed by atoms with E-state index in [1.54, 1.807) is 29.4 Å². The van der Waals surface area contributed by atoms with Gasteiger partial charge in [0.25, 0.3) is 0 Å². The molecular weight excluding hydrogens is 385 g/mol. The van der Waals surface area contributed by atoms with Crippen LogP contribution in [0.2, 0.25) is 0 Å². The Bertz CT molecular complexity index is 929. The zero-order chi connectivity index (χ0) is 21.1. The molecule has 1 aromatic heterocycles. The van der Waals surface area contributed by atoms with Gasteiger partial charge in [-0.25, -0.2) is 9.37 Å². The number of nitrogens with zero attached hydrogens (tertiary/aromatic N) is 4. The lowest BCUT2D eigenvalue weighted by atomic mass is 9.97. The van der Waals surface area contributed by atoms with Gasteiger partial charge in [0.15, 0.2) is 0 Å². The van der Waals surface area contributed by atoms with E-state index >= 15 is 0 Å². The number of aryl methyl sites for hydroxylation is 1. The van der Waals surface area contributed by atoms with Crippen molar-refractivity contribution < 1.29 is 14.0 Å². The molecule has 1 aliphatic heterocycles. The van der Waals surface area contributed by atoms with Crippen molar-refractivity contribution in [1.82, 2.24) is 20.2 Å². The van der Waals surface area contributed by atoms with Gasteiger partial charge in [-0.3, -0.25) is 14.6 Å². The van der Waals surface area contributed by atoms with E-state index in [2.05, 4.69) is 20.2 Å². The molecule has 2 aliphatic rings. The fourth-order valence-corrected chi connectivity index (χ4v) is 4.42. The summed E-state index contributed by atoms with van der Waals surface area (Å²) in [6, 6.07) is 6.67. The molecule has 2 fully saturated rings. The van der Waals surface area contributed by atoms with E-state index in [0.717, 1.165) is 24.4 Å². The lowest BCUT2D eigenvalue weighted by Gasteiger charge is -2.35. The van der Waals surface area contributed by atoms with Crippen LogP contribution in [0.1, 0.15) is 36.4 Å². The maximum absolute atomic E-state index is 14.0. The second kappa shape index (κ2) is 8.77. The van der Waals surface area contributed by atoms with E-state index in [1.165, 1.54) is 6.07 Å². The molecule has 7 nitrogen and oxygen atoms in total. The molecule has 30 heavy (non-hydrogen) atoms. The third-order valence-electron chi connectivity index (χ3n) is 6.03. The Hall–Kier alpha value is -3.03. The third kappa shape index (κ3) is 4.27. The molecule has 1 N–H and O–H groups in total. The van der Waals surface area contributed by atoms with Gasteiger partial charge < -0.3 is 15.1 Å². The number of nitrogens with one attached hydrogen (secondary N) is 1. The first-order valence-electron chi connectivity index (χ1n) is 10.4. The van der Waals surface area contributed by atoms with Gasteiger partial charge in [-0.1, -0.05) is 18.2 Å². The SMILES string of the molecule is Cc1nccnc1N1CCN(C(=O)C(=O)NC2CCC(c3ccccc3F)C2)CC1. The molecule has 1 saturated carbocycles. The molecule has 2 amide bonds. The fraction of sp³-hybridized carbons (Fsp3) is 0.455. The van der Waals surface area contributed by atoms with E-state index in [9.17, 15) is 14.0 Å². The second-order valence-electron chi connectivity index (χ2n) is 7.95. The van der Waals surface area contributed by atoms with Crippen molar-refractivity contribution in [3.63, 3.8) is 0 Å². The van der Waals surface area contributed by atoms with Gasteiger partial charge in [0.1, 0.15) is 11.6 Å². The second-order valence-corrected chi connectivity index (χ2v) is 7.95. The Labute approximate surface area is 175 Å². The lowest BCUT2D eigenvalue weighted by Crippen LogP contribution is -2.53. The van der Waals surface area contributed by atoms with E-state index in [-0.39, 0.29) is 17.8 Å². The predicted molar refractivity (Wildman–Crippen MR) is 110 cm³/mol. The molecule has 1 saturated heterocycles. The summed E-state index contributed by atoms with van der Waals surface area (Å²) in [5, 5.41) is 2.86. The number of anilines is 1. The number of piperazine rings is 1. The highest BCUT2D eigenvalue weighted by Crippen LogP contribution is 2.35. The molecule has 1 aromatic carbocycles. The normalized spacial score (nSPS) is 21.5. The fourth-order valence-electron chi connectivity index (χ4n) is 4.42. The van der Waals surface area contributed by atoms with Crippen LogP contribution in [0.5, 0.6) is 0 Å². The topological polar surface area (TPSA) is 78.4 Å². The van der Waals surface area contributed by atoms with E-state index in [1.807, 2.05) is 13.0 Å². The zero-order valence-electron chi connectivity index (χ0n) is 17.1. The van der Waals surface area contributed by atoms with Crippen molar-refractivity contribution in [2.75, 3.05) is 31.1 Å². The van der Waals surface area contributed by atoms with Gasteiger partial charge in [0, 0.05) is 44.6 Å². The monoisotopic (exact) mass is 411 g/mol. The van der Waals surface area contributed by atoms with E-state index in [0.29, 0.717) is 38.2 Å². The Morgan fingerprint density at radius 2 is 1.80 bits per heavy atom. The average molecular weight is 411 g/mol. The van der Waals surface area contributed by atoms with Crippen molar-refractivity contribution in [2.45, 2.75) is 38.1 Å². The van der Waals surface area contributed by atoms with Crippen molar-refractivity contribution in [3.05, 3.63) is 53.7 Å². The highest BCUT2D eigenvalue weighted by molar-refractivity contribution is 6.35. The Balaban J connectivity index is 1.28. The van der Waals surface area contributed by atoms with Crippen LogP contribution in [0.3, 0.4) is 0 Å². The van der Waals surface area contributed by atoms with Crippen LogP contribution < -0.4 is 10.2 Å². The van der Waals surface area contributed by atoms with Crippen molar-refractivity contribution >= 4 is 17.6 Å². The van der Waals surface area contributed by atoms with Crippen molar-refractivity contribution in [2.24, 2.45) is 0 Å². The molecule has 2 unspecified atom stereocenters. The van der Waals surface area contributed by atoms with Gasteiger partial charge in [-0.05, 0) is 43.7 Å². The van der Waals surface area contributed by atoms with Crippen LogP contribution in [0, 0.1) is 12.7 Å². The summed E-state index contributed by atoms with van der Waals surface area (Å²) in [7, 11) is 0. The predicted octanol–water partition coefficient (Wildman–Crippen LogP) is 2.03. The van der Waals surface area contributed by atoms with Crippen LogP contribution >= 0.6 is 0 Å². The quantitative estimate of drug-likeness (QED) is 0.782. The first-order valence-corrected chi connectivity index (χ1v) is 10.4. The van der Waals surface area contributed by atoms with Gasteiger partial charge in [-0.15, -0.1) is 0 Å². The molecule has 4 rings (SSSR count). The van der Waals surface area contributed by atoms with Crippen molar-refractivity contribution in [3.8, 4) is 0 Å². The largest absolute Gasteiger partial charge is 0.352 e. The maximum Gasteiger partial charge on any atom is 0.312 e. The Kier molecular flexibility index (Phi) is 5.92. The summed E-state index contributed by atoms with van der Waals surface area (Å²) < 4.78 is 14.0. The number of carbonyl (C=O) groups excluding carboxylic acids is 2. The minimum Gasteiger partial charge on any atom is -0.352 e. The van der Waals surface area contributed by atoms with Gasteiger partial charge in [-0.2, -0.15) is 0 Å². The molecule has 2 heterocycles. The summed E-state index contributed by atoms with van der Waals surface area (Å²) >= 11 is 0. The molecule has 8 heteroatoms. The summed E-state index contributed by atoms with van der Waals surface area (Å²) in [5.74, 6) is -0.385. The lowest BCUT2D eigenvalue weighted by molar-refractivity contribution is -0.146. The summed E-state index contributed by atoms with van der Waals surface area (Å²) in [6.45, 7) is 4.05. The Morgan fingerprint density at radius 3 is 2.53 bits per heavy atom. The van der Waals surface area contributed by atoms with E-state index < -0.39 is 11.8 Å². The van der Waals surface area contributed by atoms with Gasteiger partial charge in [0.05, 0.1) is 5.69 Å². The molecule has 1 aliphatic carbocycles.